The molecule has 0 amide bonds. The van der Waals surface area contributed by atoms with E-state index in [9.17, 15) is 0 Å². The van der Waals surface area contributed by atoms with Crippen LogP contribution in [0.2, 0.25) is 0 Å². The van der Waals surface area contributed by atoms with Gasteiger partial charge in [0.15, 0.2) is 0 Å². The van der Waals surface area contributed by atoms with Gasteiger partial charge in [0, 0.05) is 12.6 Å². The molecule has 0 aliphatic heterocycles. The molecule has 21 heavy (non-hydrogen) atoms. The van der Waals surface area contributed by atoms with E-state index in [1.165, 1.54) is 83.5 Å². The molecule has 2 nitrogen and oxygen atoms in total. The Hall–Kier alpha value is -0.0800. The minimum absolute atomic E-state index is 0.575. The topological polar surface area (TPSA) is 21.3 Å². The average molecular weight is 296 g/mol. The number of ether oxygens (including phenoxy) is 1. The summed E-state index contributed by atoms with van der Waals surface area (Å²) in [6, 6.07) is 0.779. The van der Waals surface area contributed by atoms with Gasteiger partial charge in [0.05, 0.1) is 6.10 Å². The van der Waals surface area contributed by atoms with Gasteiger partial charge in [-0.3, -0.25) is 0 Å². The van der Waals surface area contributed by atoms with Crippen LogP contribution in [0.25, 0.3) is 0 Å². The van der Waals surface area contributed by atoms with Gasteiger partial charge in [-0.15, -0.1) is 0 Å². The zero-order chi connectivity index (χ0) is 14.8. The SMILES string of the molecule is CCCC1CCCC(NCCCOC2CCCCC2)CC1. The first-order chi connectivity index (χ1) is 10.4. The summed E-state index contributed by atoms with van der Waals surface area (Å²) in [6.07, 6.45) is 18.5. The second-order valence-electron chi connectivity index (χ2n) is 7.30. The molecule has 0 spiro atoms. The van der Waals surface area contributed by atoms with Crippen molar-refractivity contribution in [3.63, 3.8) is 0 Å². The fourth-order valence-electron chi connectivity index (χ4n) is 4.14. The Labute approximate surface area is 132 Å². The summed E-state index contributed by atoms with van der Waals surface area (Å²) >= 11 is 0. The molecule has 1 N–H and O–H groups in total. The van der Waals surface area contributed by atoms with Gasteiger partial charge in [0.25, 0.3) is 0 Å². The van der Waals surface area contributed by atoms with E-state index in [1.807, 2.05) is 0 Å². The van der Waals surface area contributed by atoms with E-state index in [-0.39, 0.29) is 0 Å². The van der Waals surface area contributed by atoms with Crippen molar-refractivity contribution >= 4 is 0 Å². The minimum atomic E-state index is 0.575. The molecule has 2 fully saturated rings. The van der Waals surface area contributed by atoms with Gasteiger partial charge in [-0.1, -0.05) is 51.9 Å². The summed E-state index contributed by atoms with van der Waals surface area (Å²) < 4.78 is 6.01. The Balaban J connectivity index is 1.48. The highest BCUT2D eigenvalue weighted by Crippen LogP contribution is 2.26. The number of rotatable bonds is 8. The van der Waals surface area contributed by atoms with Crippen LogP contribution >= 0.6 is 0 Å². The monoisotopic (exact) mass is 295 g/mol. The van der Waals surface area contributed by atoms with Crippen LogP contribution < -0.4 is 5.32 Å². The van der Waals surface area contributed by atoms with E-state index in [2.05, 4.69) is 12.2 Å². The number of hydrogen-bond acceptors (Lipinski definition) is 2. The molecule has 0 saturated heterocycles. The van der Waals surface area contributed by atoms with E-state index in [0.29, 0.717) is 6.10 Å². The van der Waals surface area contributed by atoms with Crippen LogP contribution in [0.1, 0.15) is 90.4 Å². The standard InChI is InChI=1S/C19H37NO/c1-2-8-17-9-6-10-18(14-13-17)20-15-7-16-21-19-11-4-3-5-12-19/h17-20H,2-16H2,1H3. The molecule has 0 heterocycles. The molecule has 2 atom stereocenters. The third-order valence-corrected chi connectivity index (χ3v) is 5.45. The van der Waals surface area contributed by atoms with Crippen molar-refractivity contribution in [2.75, 3.05) is 13.2 Å². The van der Waals surface area contributed by atoms with E-state index in [4.69, 9.17) is 4.74 Å². The maximum atomic E-state index is 6.01. The summed E-state index contributed by atoms with van der Waals surface area (Å²) in [5.41, 5.74) is 0. The molecule has 2 unspecified atom stereocenters. The van der Waals surface area contributed by atoms with Crippen molar-refractivity contribution in [2.24, 2.45) is 5.92 Å². The van der Waals surface area contributed by atoms with E-state index < -0.39 is 0 Å². The Morgan fingerprint density at radius 3 is 2.57 bits per heavy atom. The Morgan fingerprint density at radius 1 is 0.905 bits per heavy atom. The van der Waals surface area contributed by atoms with Gasteiger partial charge in [0.2, 0.25) is 0 Å². The first-order valence-corrected chi connectivity index (χ1v) is 9.73. The Bertz CT molecular complexity index is 250. The molecule has 0 radical (unpaired) electrons. The second-order valence-corrected chi connectivity index (χ2v) is 7.30. The van der Waals surface area contributed by atoms with Crippen LogP contribution in [0.15, 0.2) is 0 Å². The smallest absolute Gasteiger partial charge is 0.0575 e. The Morgan fingerprint density at radius 2 is 1.76 bits per heavy atom. The Kier molecular flexibility index (Phi) is 8.73. The molecule has 2 aliphatic rings. The zero-order valence-electron chi connectivity index (χ0n) is 14.2. The van der Waals surface area contributed by atoms with Gasteiger partial charge in [-0.25, -0.2) is 0 Å². The van der Waals surface area contributed by atoms with Gasteiger partial charge < -0.3 is 10.1 Å². The molecular formula is C19H37NO. The zero-order valence-corrected chi connectivity index (χ0v) is 14.2. The van der Waals surface area contributed by atoms with Gasteiger partial charge in [-0.2, -0.15) is 0 Å². The van der Waals surface area contributed by atoms with E-state index in [0.717, 1.165) is 25.1 Å². The predicted octanol–water partition coefficient (Wildman–Crippen LogP) is 5.06. The minimum Gasteiger partial charge on any atom is -0.378 e. The largest absolute Gasteiger partial charge is 0.378 e. The van der Waals surface area contributed by atoms with Crippen molar-refractivity contribution in [2.45, 2.75) is 103 Å². The first-order valence-electron chi connectivity index (χ1n) is 9.73. The summed E-state index contributed by atoms with van der Waals surface area (Å²) in [5.74, 6) is 1.01. The van der Waals surface area contributed by atoms with Crippen molar-refractivity contribution in [1.82, 2.24) is 5.32 Å². The van der Waals surface area contributed by atoms with Crippen molar-refractivity contribution < 1.29 is 4.74 Å². The molecule has 0 aromatic heterocycles. The molecule has 2 rings (SSSR count). The lowest BCUT2D eigenvalue weighted by Crippen LogP contribution is -2.30. The quantitative estimate of drug-likeness (QED) is 0.499. The van der Waals surface area contributed by atoms with Gasteiger partial charge in [-0.05, 0) is 51.0 Å². The highest BCUT2D eigenvalue weighted by Gasteiger charge is 2.18. The molecular weight excluding hydrogens is 258 g/mol. The molecule has 2 heteroatoms. The first kappa shape index (κ1) is 17.3. The third-order valence-electron chi connectivity index (χ3n) is 5.45. The van der Waals surface area contributed by atoms with Crippen molar-refractivity contribution in [3.8, 4) is 0 Å². The van der Waals surface area contributed by atoms with Crippen LogP contribution in [-0.4, -0.2) is 25.3 Å². The summed E-state index contributed by atoms with van der Waals surface area (Å²) in [4.78, 5) is 0. The van der Waals surface area contributed by atoms with Crippen LogP contribution in [0.5, 0.6) is 0 Å². The van der Waals surface area contributed by atoms with Crippen LogP contribution in [0.4, 0.5) is 0 Å². The highest BCUT2D eigenvalue weighted by molar-refractivity contribution is 4.75. The fraction of sp³-hybridized carbons (Fsp3) is 1.00. The lowest BCUT2D eigenvalue weighted by molar-refractivity contribution is 0.0270. The molecule has 0 aromatic carbocycles. The molecule has 0 bridgehead atoms. The normalized spacial score (nSPS) is 28.4. The van der Waals surface area contributed by atoms with Crippen LogP contribution in [0, 0.1) is 5.92 Å². The van der Waals surface area contributed by atoms with Crippen LogP contribution in [0.3, 0.4) is 0 Å². The van der Waals surface area contributed by atoms with Gasteiger partial charge >= 0.3 is 0 Å². The molecule has 2 saturated carbocycles. The maximum Gasteiger partial charge on any atom is 0.0575 e. The van der Waals surface area contributed by atoms with Gasteiger partial charge in [0.1, 0.15) is 0 Å². The van der Waals surface area contributed by atoms with Crippen molar-refractivity contribution in [3.05, 3.63) is 0 Å². The second kappa shape index (κ2) is 10.6. The van der Waals surface area contributed by atoms with E-state index >= 15 is 0 Å². The summed E-state index contributed by atoms with van der Waals surface area (Å²) in [5, 5.41) is 3.78. The number of nitrogens with one attached hydrogen (secondary N) is 1. The van der Waals surface area contributed by atoms with Crippen molar-refractivity contribution in [1.29, 1.82) is 0 Å². The number of hydrogen-bond donors (Lipinski definition) is 1. The van der Waals surface area contributed by atoms with E-state index in [1.54, 1.807) is 0 Å². The lowest BCUT2D eigenvalue weighted by atomic mass is 9.95. The molecule has 2 aliphatic carbocycles. The third kappa shape index (κ3) is 7.15. The molecule has 124 valence electrons. The lowest BCUT2D eigenvalue weighted by Gasteiger charge is -2.22. The predicted molar refractivity (Wildman–Crippen MR) is 90.7 cm³/mol. The molecule has 0 aromatic rings. The van der Waals surface area contributed by atoms with Crippen LogP contribution in [-0.2, 0) is 4.74 Å². The summed E-state index contributed by atoms with van der Waals surface area (Å²) in [7, 11) is 0. The summed E-state index contributed by atoms with van der Waals surface area (Å²) in [6.45, 7) is 4.44. The fourth-order valence-corrected chi connectivity index (χ4v) is 4.14. The maximum absolute atomic E-state index is 6.01. The highest BCUT2D eigenvalue weighted by atomic mass is 16.5. The average Bonchev–Trinajstić information content (AvgIpc) is 2.74.